The van der Waals surface area contributed by atoms with Crippen LogP contribution in [0.5, 0.6) is 0 Å². The average molecular weight is 422 g/mol. The van der Waals surface area contributed by atoms with Gasteiger partial charge in [-0.1, -0.05) is 13.3 Å². The van der Waals surface area contributed by atoms with Crippen LogP contribution in [0.25, 0.3) is 0 Å². The summed E-state index contributed by atoms with van der Waals surface area (Å²) in [6.07, 6.45) is 2.66. The highest BCUT2D eigenvalue weighted by atomic mass is 32.2. The highest BCUT2D eigenvalue weighted by molar-refractivity contribution is 7.92. The molecule has 2 aromatic rings. The first-order valence-corrected chi connectivity index (χ1v) is 10.9. The molecule has 2 aromatic carbocycles. The summed E-state index contributed by atoms with van der Waals surface area (Å²) in [5.74, 6) is -1.55. The molecule has 0 heterocycles. The Morgan fingerprint density at radius 1 is 1.07 bits per heavy atom. The number of rotatable bonds is 9. The van der Waals surface area contributed by atoms with Gasteiger partial charge in [-0.05, 0) is 55.0 Å². The number of nitrogens with zero attached hydrogens (tertiary/aromatic N) is 1. The molecular weight excluding hydrogens is 399 g/mol. The van der Waals surface area contributed by atoms with Crippen molar-refractivity contribution in [2.45, 2.75) is 19.8 Å². The van der Waals surface area contributed by atoms with E-state index in [0.29, 0.717) is 17.9 Å². The number of carbonyl (C=O) groups excluding carboxylic acids is 2. The first-order chi connectivity index (χ1) is 13.7. The lowest BCUT2D eigenvalue weighted by molar-refractivity contribution is -0.114. The Morgan fingerprint density at radius 3 is 2.24 bits per heavy atom. The monoisotopic (exact) mass is 422 g/mol. The van der Waals surface area contributed by atoms with E-state index in [4.69, 9.17) is 4.74 Å². The van der Waals surface area contributed by atoms with E-state index in [1.807, 2.05) is 6.92 Å². The summed E-state index contributed by atoms with van der Waals surface area (Å²) in [7, 11) is -3.76. The lowest BCUT2D eigenvalue weighted by atomic mass is 10.2. The molecule has 0 unspecified atom stereocenters. The van der Waals surface area contributed by atoms with Crippen molar-refractivity contribution >= 4 is 33.3 Å². The third-order valence-corrected chi connectivity index (χ3v) is 5.08. The number of ether oxygens (including phenoxy) is 1. The summed E-state index contributed by atoms with van der Waals surface area (Å²) in [4.78, 5) is 24.2. The Kier molecular flexibility index (Phi) is 7.72. The largest absolute Gasteiger partial charge is 0.462 e. The minimum absolute atomic E-state index is 0.175. The molecule has 9 heteroatoms. The zero-order chi connectivity index (χ0) is 21.4. The van der Waals surface area contributed by atoms with E-state index in [1.165, 1.54) is 36.4 Å². The van der Waals surface area contributed by atoms with E-state index in [1.54, 1.807) is 0 Å². The zero-order valence-electron chi connectivity index (χ0n) is 16.2. The lowest BCUT2D eigenvalue weighted by Gasteiger charge is -2.21. The lowest BCUT2D eigenvalue weighted by Crippen LogP contribution is -2.37. The van der Waals surface area contributed by atoms with Crippen LogP contribution in [0, 0.1) is 5.82 Å². The van der Waals surface area contributed by atoms with Crippen LogP contribution in [-0.4, -0.2) is 39.7 Å². The molecule has 0 saturated heterocycles. The van der Waals surface area contributed by atoms with Crippen molar-refractivity contribution in [1.82, 2.24) is 0 Å². The summed E-state index contributed by atoms with van der Waals surface area (Å²) in [5.41, 5.74) is 0.921. The molecule has 0 aliphatic carbocycles. The van der Waals surface area contributed by atoms with Gasteiger partial charge in [0.15, 0.2) is 0 Å². The molecule has 156 valence electrons. The molecule has 2 rings (SSSR count). The van der Waals surface area contributed by atoms with Crippen LogP contribution in [0.15, 0.2) is 48.5 Å². The summed E-state index contributed by atoms with van der Waals surface area (Å²) in [5, 5.41) is 2.57. The van der Waals surface area contributed by atoms with Gasteiger partial charge in [-0.15, -0.1) is 0 Å². The van der Waals surface area contributed by atoms with Crippen LogP contribution in [-0.2, 0) is 19.6 Å². The van der Waals surface area contributed by atoms with Crippen molar-refractivity contribution in [3.63, 3.8) is 0 Å². The SMILES string of the molecule is CCCCOC(=O)c1ccc(NC(=O)CN(c2ccc(F)cc2)S(C)(=O)=O)cc1. The van der Waals surface area contributed by atoms with Gasteiger partial charge >= 0.3 is 5.97 Å². The molecule has 0 fully saturated rings. The second kappa shape index (κ2) is 10.0. The molecule has 7 nitrogen and oxygen atoms in total. The van der Waals surface area contributed by atoms with Crippen molar-refractivity contribution in [2.75, 3.05) is 29.0 Å². The van der Waals surface area contributed by atoms with Gasteiger partial charge in [0.05, 0.1) is 24.1 Å². The van der Waals surface area contributed by atoms with E-state index in [0.717, 1.165) is 35.5 Å². The Bertz CT molecular complexity index is 944. The first kappa shape index (κ1) is 22.4. The normalized spacial score (nSPS) is 11.0. The smallest absolute Gasteiger partial charge is 0.338 e. The summed E-state index contributed by atoms with van der Waals surface area (Å²) >= 11 is 0. The number of hydrogen-bond acceptors (Lipinski definition) is 5. The number of esters is 1. The Hall–Kier alpha value is -2.94. The maximum absolute atomic E-state index is 13.1. The molecule has 1 amide bonds. The van der Waals surface area contributed by atoms with Crippen LogP contribution in [0.1, 0.15) is 30.1 Å². The minimum Gasteiger partial charge on any atom is -0.462 e. The van der Waals surface area contributed by atoms with E-state index in [9.17, 15) is 22.4 Å². The van der Waals surface area contributed by atoms with Gasteiger partial charge in [-0.2, -0.15) is 0 Å². The van der Waals surface area contributed by atoms with Gasteiger partial charge in [-0.3, -0.25) is 9.10 Å². The Balaban J connectivity index is 2.03. The molecule has 1 N–H and O–H groups in total. The van der Waals surface area contributed by atoms with Gasteiger partial charge in [0.1, 0.15) is 12.4 Å². The number of nitrogens with one attached hydrogen (secondary N) is 1. The van der Waals surface area contributed by atoms with E-state index in [2.05, 4.69) is 5.32 Å². The fraction of sp³-hybridized carbons (Fsp3) is 0.300. The Labute approximate surface area is 169 Å². The third-order valence-electron chi connectivity index (χ3n) is 3.94. The standard InChI is InChI=1S/C20H23FN2O5S/c1-3-4-13-28-20(25)15-5-9-17(10-6-15)22-19(24)14-23(29(2,26)27)18-11-7-16(21)8-12-18/h5-12H,3-4,13-14H2,1-2H3,(H,22,24). The molecule has 0 aliphatic rings. The minimum atomic E-state index is -3.76. The van der Waals surface area contributed by atoms with Crippen molar-refractivity contribution in [1.29, 1.82) is 0 Å². The predicted octanol–water partition coefficient (Wildman–Crippen LogP) is 3.19. The van der Waals surface area contributed by atoms with E-state index in [-0.39, 0.29) is 5.69 Å². The first-order valence-electron chi connectivity index (χ1n) is 9.01. The molecule has 0 spiro atoms. The molecule has 0 aromatic heterocycles. The number of carbonyl (C=O) groups is 2. The highest BCUT2D eigenvalue weighted by Crippen LogP contribution is 2.18. The van der Waals surface area contributed by atoms with Gasteiger partial charge in [0, 0.05) is 5.69 Å². The highest BCUT2D eigenvalue weighted by Gasteiger charge is 2.21. The summed E-state index contributed by atoms with van der Waals surface area (Å²) in [6, 6.07) is 10.9. The third kappa shape index (κ3) is 6.86. The van der Waals surface area contributed by atoms with Gasteiger partial charge < -0.3 is 10.1 Å². The molecule has 29 heavy (non-hydrogen) atoms. The zero-order valence-corrected chi connectivity index (χ0v) is 17.0. The molecule has 0 saturated carbocycles. The quantitative estimate of drug-likeness (QED) is 0.495. The molecular formula is C20H23FN2O5S. The van der Waals surface area contributed by atoms with Gasteiger partial charge in [0.25, 0.3) is 0 Å². The van der Waals surface area contributed by atoms with E-state index < -0.39 is 34.3 Å². The number of hydrogen-bond donors (Lipinski definition) is 1. The maximum atomic E-state index is 13.1. The van der Waals surface area contributed by atoms with Gasteiger partial charge in [-0.25, -0.2) is 17.6 Å². The Morgan fingerprint density at radius 2 is 1.69 bits per heavy atom. The van der Waals surface area contributed by atoms with Crippen molar-refractivity contribution in [3.8, 4) is 0 Å². The van der Waals surface area contributed by atoms with Crippen LogP contribution in [0.3, 0.4) is 0 Å². The predicted molar refractivity (Wildman–Crippen MR) is 109 cm³/mol. The summed E-state index contributed by atoms with van der Waals surface area (Å²) < 4.78 is 43.1. The van der Waals surface area contributed by atoms with Crippen LogP contribution in [0.2, 0.25) is 0 Å². The maximum Gasteiger partial charge on any atom is 0.338 e. The molecule has 0 bridgehead atoms. The van der Waals surface area contributed by atoms with Crippen LogP contribution >= 0.6 is 0 Å². The number of anilines is 2. The number of unbranched alkanes of at least 4 members (excludes halogenated alkanes) is 1. The van der Waals surface area contributed by atoms with Crippen molar-refractivity contribution in [3.05, 3.63) is 59.9 Å². The van der Waals surface area contributed by atoms with E-state index >= 15 is 0 Å². The number of halogens is 1. The molecule has 0 atom stereocenters. The second-order valence-electron chi connectivity index (χ2n) is 6.36. The fourth-order valence-electron chi connectivity index (χ4n) is 2.42. The van der Waals surface area contributed by atoms with Crippen LogP contribution in [0.4, 0.5) is 15.8 Å². The number of sulfonamides is 1. The molecule has 0 aliphatic heterocycles. The van der Waals surface area contributed by atoms with Crippen molar-refractivity contribution < 1.29 is 27.1 Å². The number of amides is 1. The average Bonchev–Trinajstić information content (AvgIpc) is 2.67. The molecule has 0 radical (unpaired) electrons. The van der Waals surface area contributed by atoms with Crippen molar-refractivity contribution in [2.24, 2.45) is 0 Å². The summed E-state index contributed by atoms with van der Waals surface area (Å²) in [6.45, 7) is 1.86. The topological polar surface area (TPSA) is 92.8 Å². The second-order valence-corrected chi connectivity index (χ2v) is 8.27. The van der Waals surface area contributed by atoms with Crippen LogP contribution < -0.4 is 9.62 Å². The fourth-order valence-corrected chi connectivity index (χ4v) is 3.28. The van der Waals surface area contributed by atoms with Gasteiger partial charge in [0.2, 0.25) is 15.9 Å². The number of benzene rings is 2.